The lowest BCUT2D eigenvalue weighted by atomic mass is 9.85. The second-order valence-electron chi connectivity index (χ2n) is 7.69. The zero-order valence-electron chi connectivity index (χ0n) is 16.9. The normalized spacial score (nSPS) is 19.5. The summed E-state index contributed by atoms with van der Waals surface area (Å²) in [5, 5.41) is 24.6. The maximum Gasteiger partial charge on any atom is 0.310 e. The van der Waals surface area contributed by atoms with Gasteiger partial charge in [-0.05, 0) is 55.6 Å². The Morgan fingerprint density at radius 2 is 2.03 bits per heavy atom. The predicted molar refractivity (Wildman–Crippen MR) is 116 cm³/mol. The lowest BCUT2D eigenvalue weighted by Gasteiger charge is -2.39. The van der Waals surface area contributed by atoms with E-state index in [0.717, 1.165) is 37.1 Å². The summed E-state index contributed by atoms with van der Waals surface area (Å²) in [5.74, 6) is -0.00361. The highest BCUT2D eigenvalue weighted by atomic mass is 35.5. The molecule has 2 aromatic rings. The van der Waals surface area contributed by atoms with Crippen molar-refractivity contribution in [3.63, 3.8) is 0 Å². The van der Waals surface area contributed by atoms with Gasteiger partial charge in [0.1, 0.15) is 5.78 Å². The number of nitro benzene ring substituents is 1. The highest BCUT2D eigenvalue weighted by Gasteiger charge is 2.31. The zero-order valence-corrected chi connectivity index (χ0v) is 17.6. The highest BCUT2D eigenvalue weighted by Crippen LogP contribution is 2.35. The summed E-state index contributed by atoms with van der Waals surface area (Å²) >= 11 is 6.03. The van der Waals surface area contributed by atoms with Gasteiger partial charge in [-0.1, -0.05) is 29.8 Å². The number of nitrogens with one attached hydrogen (secondary N) is 1. The van der Waals surface area contributed by atoms with Crippen molar-refractivity contribution >= 4 is 23.1 Å². The van der Waals surface area contributed by atoms with Gasteiger partial charge < -0.3 is 10.4 Å². The van der Waals surface area contributed by atoms with Crippen molar-refractivity contribution in [2.24, 2.45) is 5.92 Å². The van der Waals surface area contributed by atoms with Gasteiger partial charge in [0, 0.05) is 42.7 Å². The lowest BCUT2D eigenvalue weighted by Crippen LogP contribution is -2.41. The molecule has 0 radical (unpaired) electrons. The largest absolute Gasteiger partial charge is 0.502 e. The molecular weight excluding hydrogens is 406 g/mol. The van der Waals surface area contributed by atoms with E-state index < -0.39 is 4.92 Å². The number of hydrogen-bond acceptors (Lipinski definition) is 6. The summed E-state index contributed by atoms with van der Waals surface area (Å²) in [4.78, 5) is 24.5. The van der Waals surface area contributed by atoms with Gasteiger partial charge in [0.2, 0.25) is 0 Å². The zero-order chi connectivity index (χ0) is 21.7. The topological polar surface area (TPSA) is 95.7 Å². The number of aromatic hydroxyl groups is 1. The van der Waals surface area contributed by atoms with Crippen LogP contribution in [0.5, 0.6) is 5.75 Å². The van der Waals surface area contributed by atoms with Crippen LogP contribution in [0, 0.1) is 16.0 Å². The SMILES string of the molecule is CC(=O)C1CCN(CCNCc2ccc([N+](=O)[O-])c(O)c2)C(c2ccc(Cl)cc2)C1. The van der Waals surface area contributed by atoms with Crippen LogP contribution in [0.25, 0.3) is 0 Å². The molecule has 0 amide bonds. The van der Waals surface area contributed by atoms with Gasteiger partial charge in [0.15, 0.2) is 5.75 Å². The third-order valence-electron chi connectivity index (χ3n) is 5.68. The standard InChI is InChI=1S/C22H26ClN3O4/c1-15(27)18-8-10-25(21(13-18)17-3-5-19(23)6-4-17)11-9-24-14-16-2-7-20(26(29)30)22(28)12-16/h2-7,12,18,21,24,28H,8-11,13-14H2,1H3. The number of carbonyl (C=O) groups is 1. The van der Waals surface area contributed by atoms with Gasteiger partial charge in [-0.3, -0.25) is 19.8 Å². The number of piperidine rings is 1. The number of halogens is 1. The first-order valence-corrected chi connectivity index (χ1v) is 10.4. The molecule has 1 fully saturated rings. The van der Waals surface area contributed by atoms with Crippen molar-refractivity contribution in [2.45, 2.75) is 32.4 Å². The molecule has 160 valence electrons. The van der Waals surface area contributed by atoms with Gasteiger partial charge >= 0.3 is 5.69 Å². The number of carbonyl (C=O) groups excluding carboxylic acids is 1. The molecule has 8 heteroatoms. The number of nitrogens with zero attached hydrogens (tertiary/aromatic N) is 2. The summed E-state index contributed by atoms with van der Waals surface area (Å²) in [6, 6.07) is 12.3. The molecule has 0 aromatic heterocycles. The van der Waals surface area contributed by atoms with Crippen LogP contribution >= 0.6 is 11.6 Å². The van der Waals surface area contributed by atoms with Crippen LogP contribution in [0.15, 0.2) is 42.5 Å². The molecular formula is C22H26ClN3O4. The summed E-state index contributed by atoms with van der Waals surface area (Å²) in [7, 11) is 0. The first kappa shape index (κ1) is 22.2. The minimum Gasteiger partial charge on any atom is -0.502 e. The lowest BCUT2D eigenvalue weighted by molar-refractivity contribution is -0.385. The Morgan fingerprint density at radius 1 is 1.30 bits per heavy atom. The third kappa shape index (κ3) is 5.56. The van der Waals surface area contributed by atoms with Crippen LogP contribution < -0.4 is 5.32 Å². The second-order valence-corrected chi connectivity index (χ2v) is 8.13. The Bertz CT molecular complexity index is 904. The molecule has 1 saturated heterocycles. The maximum absolute atomic E-state index is 11.9. The van der Waals surface area contributed by atoms with Gasteiger partial charge in [-0.25, -0.2) is 0 Å². The van der Waals surface area contributed by atoms with Crippen molar-refractivity contribution in [3.05, 3.63) is 68.7 Å². The van der Waals surface area contributed by atoms with E-state index in [1.165, 1.54) is 12.1 Å². The van der Waals surface area contributed by atoms with Crippen LogP contribution in [-0.4, -0.2) is 40.3 Å². The summed E-state index contributed by atoms with van der Waals surface area (Å²) < 4.78 is 0. The summed E-state index contributed by atoms with van der Waals surface area (Å²) in [6.45, 7) is 4.53. The molecule has 0 bridgehead atoms. The van der Waals surface area contributed by atoms with Gasteiger partial charge in [0.05, 0.1) is 4.92 Å². The number of hydrogen-bond donors (Lipinski definition) is 2. The fourth-order valence-corrected chi connectivity index (χ4v) is 4.10. The summed E-state index contributed by atoms with van der Waals surface area (Å²) in [5.41, 5.74) is 1.64. The van der Waals surface area contributed by atoms with Crippen LogP contribution in [-0.2, 0) is 11.3 Å². The maximum atomic E-state index is 11.9. The van der Waals surface area contributed by atoms with E-state index >= 15 is 0 Å². The average Bonchev–Trinajstić information content (AvgIpc) is 2.71. The molecule has 2 aromatic carbocycles. The predicted octanol–water partition coefficient (Wildman–Crippen LogP) is 4.09. The minimum absolute atomic E-state index is 0.0815. The highest BCUT2D eigenvalue weighted by molar-refractivity contribution is 6.30. The van der Waals surface area contributed by atoms with Crippen LogP contribution in [0.2, 0.25) is 5.02 Å². The monoisotopic (exact) mass is 431 g/mol. The molecule has 1 aliphatic heterocycles. The fourth-order valence-electron chi connectivity index (χ4n) is 3.97. The van der Waals surface area contributed by atoms with Crippen LogP contribution in [0.1, 0.15) is 36.9 Å². The molecule has 0 saturated carbocycles. The van der Waals surface area contributed by atoms with Crippen LogP contribution in [0.3, 0.4) is 0 Å². The molecule has 7 nitrogen and oxygen atoms in total. The number of phenolic OH excluding ortho intramolecular Hbond substituents is 1. The van der Waals surface area contributed by atoms with Crippen molar-refractivity contribution in [2.75, 3.05) is 19.6 Å². The quantitative estimate of drug-likeness (QED) is 0.371. The number of nitro groups is 1. The van der Waals surface area contributed by atoms with Crippen molar-refractivity contribution in [1.29, 1.82) is 0 Å². The van der Waals surface area contributed by atoms with Gasteiger partial charge in [0.25, 0.3) is 0 Å². The Kier molecular flexibility index (Phi) is 7.42. The Morgan fingerprint density at radius 3 is 2.67 bits per heavy atom. The number of ketones is 1. The number of benzene rings is 2. The van der Waals surface area contributed by atoms with Gasteiger partial charge in [-0.15, -0.1) is 0 Å². The smallest absolute Gasteiger partial charge is 0.310 e. The molecule has 3 rings (SSSR count). The second kappa shape index (κ2) is 10.0. The molecule has 1 aliphatic rings. The van der Waals surface area contributed by atoms with Crippen molar-refractivity contribution < 1.29 is 14.8 Å². The van der Waals surface area contributed by atoms with E-state index in [1.807, 2.05) is 24.3 Å². The van der Waals surface area contributed by atoms with E-state index in [2.05, 4.69) is 10.2 Å². The molecule has 0 aliphatic carbocycles. The molecule has 2 unspecified atom stereocenters. The van der Waals surface area contributed by atoms with E-state index in [9.17, 15) is 20.0 Å². The number of Topliss-reactive ketones (excluding diaryl/α,β-unsaturated/α-hetero) is 1. The number of phenols is 1. The van der Waals surface area contributed by atoms with Crippen LogP contribution in [0.4, 0.5) is 5.69 Å². The van der Waals surface area contributed by atoms with E-state index in [1.54, 1.807) is 13.0 Å². The Labute approximate surface area is 180 Å². The minimum atomic E-state index is -0.603. The Hall–Kier alpha value is -2.48. The van der Waals surface area contributed by atoms with Crippen molar-refractivity contribution in [1.82, 2.24) is 10.2 Å². The van der Waals surface area contributed by atoms with E-state index in [-0.39, 0.29) is 29.2 Å². The first-order valence-electron chi connectivity index (χ1n) is 10.0. The molecule has 30 heavy (non-hydrogen) atoms. The average molecular weight is 432 g/mol. The molecule has 2 N–H and O–H groups in total. The van der Waals surface area contributed by atoms with Gasteiger partial charge in [-0.2, -0.15) is 0 Å². The fraction of sp³-hybridized carbons (Fsp3) is 0.409. The summed E-state index contributed by atoms with van der Waals surface area (Å²) in [6.07, 6.45) is 1.66. The Balaban J connectivity index is 1.58. The van der Waals surface area contributed by atoms with E-state index in [0.29, 0.717) is 18.1 Å². The van der Waals surface area contributed by atoms with Crippen molar-refractivity contribution in [3.8, 4) is 5.75 Å². The molecule has 2 atom stereocenters. The molecule has 0 spiro atoms. The first-order chi connectivity index (χ1) is 14.3. The van der Waals surface area contributed by atoms with E-state index in [4.69, 9.17) is 11.6 Å². The number of rotatable bonds is 8. The molecule has 1 heterocycles. The number of likely N-dealkylation sites (tertiary alicyclic amines) is 1. The third-order valence-corrected chi connectivity index (χ3v) is 5.94.